The predicted molar refractivity (Wildman–Crippen MR) is 121 cm³/mol. The van der Waals surface area contributed by atoms with Gasteiger partial charge in [0.2, 0.25) is 5.16 Å². The van der Waals surface area contributed by atoms with Crippen LogP contribution in [0.2, 0.25) is 0 Å². The van der Waals surface area contributed by atoms with Gasteiger partial charge >= 0.3 is 0 Å². The van der Waals surface area contributed by atoms with Gasteiger partial charge in [0.15, 0.2) is 0 Å². The smallest absolute Gasteiger partial charge is 0.209 e. The molecule has 0 saturated carbocycles. The van der Waals surface area contributed by atoms with E-state index in [0.29, 0.717) is 5.16 Å². The first kappa shape index (κ1) is 18.5. The maximum atomic E-state index is 4.85. The summed E-state index contributed by atoms with van der Waals surface area (Å²) in [4.78, 5) is 12.9. The third kappa shape index (κ3) is 3.95. The second-order valence-corrected chi connectivity index (χ2v) is 7.88. The molecule has 5 aromatic rings. The second-order valence-electron chi connectivity index (χ2n) is 6.82. The van der Waals surface area contributed by atoms with Crippen molar-refractivity contribution in [3.63, 3.8) is 0 Å². The third-order valence-electron chi connectivity index (χ3n) is 4.77. The van der Waals surface area contributed by atoms with Crippen molar-refractivity contribution in [3.8, 4) is 22.5 Å². The Labute approximate surface area is 178 Å². The minimum absolute atomic E-state index is 0.671. The minimum atomic E-state index is 0.671. The van der Waals surface area contributed by atoms with E-state index in [9.17, 15) is 0 Å². The van der Waals surface area contributed by atoms with Crippen molar-refractivity contribution in [1.82, 2.24) is 25.1 Å². The fourth-order valence-electron chi connectivity index (χ4n) is 3.32. The second kappa shape index (κ2) is 8.47. The van der Waals surface area contributed by atoms with Crippen LogP contribution in [0.5, 0.6) is 0 Å². The zero-order chi connectivity index (χ0) is 20.2. The summed E-state index contributed by atoms with van der Waals surface area (Å²) in [6.07, 6.45) is 0.809. The summed E-state index contributed by atoms with van der Waals surface area (Å²) in [5.41, 5.74) is 5.75. The number of aromatic amines is 1. The molecule has 0 fully saturated rings. The molecule has 0 atom stereocenters. The van der Waals surface area contributed by atoms with Crippen molar-refractivity contribution in [2.24, 2.45) is 0 Å². The van der Waals surface area contributed by atoms with E-state index in [0.717, 1.165) is 51.5 Å². The normalized spacial score (nSPS) is 11.1. The van der Waals surface area contributed by atoms with E-state index < -0.39 is 0 Å². The quantitative estimate of drug-likeness (QED) is 0.380. The van der Waals surface area contributed by atoms with Crippen LogP contribution in [-0.2, 0) is 6.42 Å². The molecule has 0 aliphatic carbocycles. The molecule has 0 bridgehead atoms. The van der Waals surface area contributed by atoms with Crippen LogP contribution in [0.25, 0.3) is 33.5 Å². The molecular weight excluding hydrogens is 390 g/mol. The summed E-state index contributed by atoms with van der Waals surface area (Å²) < 4.78 is 0. The van der Waals surface area contributed by atoms with Gasteiger partial charge in [0.25, 0.3) is 0 Å². The third-order valence-corrected chi connectivity index (χ3v) is 5.61. The van der Waals surface area contributed by atoms with Gasteiger partial charge in [0, 0.05) is 23.3 Å². The first-order chi connectivity index (χ1) is 14.9. The number of thioether (sulfide) groups is 1. The Morgan fingerprint density at radius 1 is 0.667 bits per heavy atom. The Hall–Kier alpha value is -3.51. The molecule has 0 saturated heterocycles. The van der Waals surface area contributed by atoms with Crippen molar-refractivity contribution < 1.29 is 0 Å². The molecule has 6 heteroatoms. The van der Waals surface area contributed by atoms with Gasteiger partial charge < -0.3 is 4.98 Å². The van der Waals surface area contributed by atoms with Crippen molar-refractivity contribution in [2.75, 3.05) is 5.75 Å². The van der Waals surface area contributed by atoms with E-state index in [4.69, 9.17) is 4.98 Å². The predicted octanol–water partition coefficient (Wildman–Crippen LogP) is 5.42. The highest BCUT2D eigenvalue weighted by molar-refractivity contribution is 7.99. The van der Waals surface area contributed by atoms with Crippen LogP contribution in [0.1, 0.15) is 5.82 Å². The molecule has 30 heavy (non-hydrogen) atoms. The van der Waals surface area contributed by atoms with Gasteiger partial charge in [0.05, 0.1) is 11.0 Å². The molecule has 5 nitrogen and oxygen atoms in total. The molecule has 5 rings (SSSR count). The molecule has 0 amide bonds. The molecule has 146 valence electrons. The number of hydrogen-bond acceptors (Lipinski definition) is 5. The van der Waals surface area contributed by atoms with Gasteiger partial charge in [-0.25, -0.2) is 9.97 Å². The summed E-state index contributed by atoms with van der Waals surface area (Å²) in [6, 6.07) is 28.3. The lowest BCUT2D eigenvalue weighted by Crippen LogP contribution is -2.00. The van der Waals surface area contributed by atoms with E-state index in [1.165, 1.54) is 0 Å². The van der Waals surface area contributed by atoms with E-state index in [1.54, 1.807) is 11.8 Å². The molecule has 3 aromatic carbocycles. The van der Waals surface area contributed by atoms with Crippen molar-refractivity contribution in [3.05, 3.63) is 90.8 Å². The molecule has 0 radical (unpaired) electrons. The Kier molecular flexibility index (Phi) is 5.23. The number of aromatic nitrogens is 5. The first-order valence-electron chi connectivity index (χ1n) is 9.79. The molecule has 0 unspecified atom stereocenters. The number of rotatable bonds is 6. The van der Waals surface area contributed by atoms with Crippen molar-refractivity contribution in [1.29, 1.82) is 0 Å². The lowest BCUT2D eigenvalue weighted by atomic mass is 10.0. The van der Waals surface area contributed by atoms with Gasteiger partial charge in [-0.15, -0.1) is 10.2 Å². The minimum Gasteiger partial charge on any atom is -0.342 e. The number of hydrogen-bond donors (Lipinski definition) is 1. The van der Waals surface area contributed by atoms with E-state index in [-0.39, 0.29) is 0 Å². The Morgan fingerprint density at radius 2 is 1.33 bits per heavy atom. The van der Waals surface area contributed by atoms with Crippen LogP contribution in [0.4, 0.5) is 0 Å². The lowest BCUT2D eigenvalue weighted by Gasteiger charge is -2.09. The first-order valence-corrected chi connectivity index (χ1v) is 10.8. The maximum Gasteiger partial charge on any atom is 0.209 e. The topological polar surface area (TPSA) is 67.3 Å². The van der Waals surface area contributed by atoms with E-state index >= 15 is 0 Å². The van der Waals surface area contributed by atoms with Crippen molar-refractivity contribution in [2.45, 2.75) is 11.6 Å². The molecule has 2 aromatic heterocycles. The Bertz CT molecular complexity index is 1240. The monoisotopic (exact) mass is 409 g/mol. The number of nitrogens with zero attached hydrogens (tertiary/aromatic N) is 4. The Morgan fingerprint density at radius 3 is 2.07 bits per heavy atom. The highest BCUT2D eigenvalue weighted by Gasteiger charge is 2.14. The summed E-state index contributed by atoms with van der Waals surface area (Å²) in [7, 11) is 0. The van der Waals surface area contributed by atoms with Crippen molar-refractivity contribution >= 4 is 22.8 Å². The van der Waals surface area contributed by atoms with E-state index in [2.05, 4.69) is 32.3 Å². The van der Waals surface area contributed by atoms with Crippen LogP contribution in [0.3, 0.4) is 0 Å². The SMILES string of the molecule is c1ccc(-c2nnc(SCCc3nc4ccccc4[nH]3)nc2-c2ccccc2)cc1. The number of benzene rings is 3. The van der Waals surface area contributed by atoms with Crippen LogP contribution in [-0.4, -0.2) is 30.9 Å². The van der Waals surface area contributed by atoms with Crippen LogP contribution in [0, 0.1) is 0 Å². The molecule has 0 aliphatic heterocycles. The molecule has 0 aliphatic rings. The van der Waals surface area contributed by atoms with Crippen LogP contribution >= 0.6 is 11.8 Å². The summed E-state index contributed by atoms with van der Waals surface area (Å²) in [5, 5.41) is 9.59. The van der Waals surface area contributed by atoms with Gasteiger partial charge in [-0.3, -0.25) is 0 Å². The van der Waals surface area contributed by atoms with Gasteiger partial charge in [-0.1, -0.05) is 84.6 Å². The highest BCUT2D eigenvalue weighted by atomic mass is 32.2. The average Bonchev–Trinajstić information content (AvgIpc) is 3.23. The molecular formula is C24H19N5S. The fraction of sp³-hybridized carbons (Fsp3) is 0.0833. The summed E-state index contributed by atoms with van der Waals surface area (Å²) in [6.45, 7) is 0. The number of H-pyrrole nitrogens is 1. The number of fused-ring (bicyclic) bond motifs is 1. The lowest BCUT2D eigenvalue weighted by molar-refractivity contribution is 0.848. The molecule has 0 spiro atoms. The van der Waals surface area contributed by atoms with E-state index in [1.807, 2.05) is 72.8 Å². The zero-order valence-electron chi connectivity index (χ0n) is 16.2. The summed E-state index contributed by atoms with van der Waals surface area (Å²) >= 11 is 1.59. The Balaban J connectivity index is 1.39. The van der Waals surface area contributed by atoms with Gasteiger partial charge in [-0.2, -0.15) is 0 Å². The number of aryl methyl sites for hydroxylation is 1. The highest BCUT2D eigenvalue weighted by Crippen LogP contribution is 2.29. The average molecular weight is 410 g/mol. The molecule has 1 N–H and O–H groups in total. The largest absolute Gasteiger partial charge is 0.342 e. The number of nitrogens with one attached hydrogen (secondary N) is 1. The van der Waals surface area contributed by atoms with Gasteiger partial charge in [0.1, 0.15) is 17.2 Å². The van der Waals surface area contributed by atoms with Gasteiger partial charge in [-0.05, 0) is 12.1 Å². The number of imidazole rings is 1. The fourth-order valence-corrected chi connectivity index (χ4v) is 4.06. The summed E-state index contributed by atoms with van der Waals surface area (Å²) in [5.74, 6) is 1.79. The maximum absolute atomic E-state index is 4.85. The zero-order valence-corrected chi connectivity index (χ0v) is 17.0. The van der Waals surface area contributed by atoms with Crippen LogP contribution < -0.4 is 0 Å². The van der Waals surface area contributed by atoms with Crippen LogP contribution in [0.15, 0.2) is 90.1 Å². The molecule has 2 heterocycles. The standard InChI is InChI=1S/C24H19N5S/c1-3-9-17(10-4-1)22-23(18-11-5-2-6-12-18)28-29-24(27-22)30-16-15-21-25-19-13-7-8-14-20(19)26-21/h1-14H,15-16H2,(H,25,26). The number of para-hydroxylation sites is 2.